The third-order valence-corrected chi connectivity index (χ3v) is 7.02. The zero-order valence-electron chi connectivity index (χ0n) is 15.2. The molecule has 148 valence electrons. The lowest BCUT2D eigenvalue weighted by Gasteiger charge is -2.21. The molecule has 0 saturated heterocycles. The minimum absolute atomic E-state index is 0.384. The van der Waals surface area contributed by atoms with E-state index in [0.717, 1.165) is 23.5 Å². The third kappa shape index (κ3) is 6.03. The molecule has 0 aliphatic heterocycles. The maximum absolute atomic E-state index is 13.2. The van der Waals surface area contributed by atoms with Gasteiger partial charge in [0.2, 0.25) is 16.8 Å². The number of hydrogen-bond donors (Lipinski definition) is 0. The summed E-state index contributed by atoms with van der Waals surface area (Å²) in [6, 6.07) is 21.5. The highest BCUT2D eigenvalue weighted by Crippen LogP contribution is 2.38. The van der Waals surface area contributed by atoms with E-state index in [9.17, 15) is 19.7 Å². The van der Waals surface area contributed by atoms with Crippen LogP contribution in [-0.4, -0.2) is 21.7 Å². The first-order chi connectivity index (χ1) is 14.0. The summed E-state index contributed by atoms with van der Waals surface area (Å²) in [5, 5.41) is 12.4. The van der Waals surface area contributed by atoms with Gasteiger partial charge in [0, 0.05) is 19.6 Å². The largest absolute Gasteiger partial charge is 0.286 e. The van der Waals surface area contributed by atoms with Gasteiger partial charge < -0.3 is 0 Å². The van der Waals surface area contributed by atoms with Gasteiger partial charge in [-0.25, -0.2) is 0 Å². The highest BCUT2D eigenvalue weighted by molar-refractivity contribution is 8.15. The number of nitrogens with zero attached hydrogens (tertiary/aromatic N) is 1. The summed E-state index contributed by atoms with van der Waals surface area (Å²) in [6.45, 7) is -0.479. The molecular formula is C21H17NO4S3. The number of carbonyl (C=O) groups excluding carboxylic acids is 2. The molecule has 2 aromatic carbocycles. The Morgan fingerprint density at radius 2 is 1.38 bits per heavy atom. The van der Waals surface area contributed by atoms with Crippen LogP contribution in [0.5, 0.6) is 0 Å². The second-order valence-corrected chi connectivity index (χ2v) is 9.22. The number of rotatable bonds is 8. The van der Waals surface area contributed by atoms with Crippen molar-refractivity contribution in [2.45, 2.75) is 15.7 Å². The molecule has 1 atom stereocenters. The fourth-order valence-electron chi connectivity index (χ4n) is 2.78. The molecule has 0 unspecified atom stereocenters. The Hall–Kier alpha value is -2.42. The van der Waals surface area contributed by atoms with E-state index in [-0.39, 0.29) is 10.2 Å². The summed E-state index contributed by atoms with van der Waals surface area (Å²) < 4.78 is 0. The molecule has 5 nitrogen and oxygen atoms in total. The van der Waals surface area contributed by atoms with Crippen LogP contribution in [0.3, 0.4) is 0 Å². The van der Waals surface area contributed by atoms with Gasteiger partial charge in [0.05, 0.1) is 5.92 Å². The standard InChI is InChI=1S/C21H17NO4S3/c23-20(28-15-8-3-1-4-9-15)19(21(24)29-16-10-5-2-6-11-16)17(14-22(25)26)18-12-7-13-27-18/h1-13,17,19H,14H2/t17-/m1/s1. The molecular weight excluding hydrogens is 426 g/mol. The van der Waals surface area contributed by atoms with E-state index in [2.05, 4.69) is 0 Å². The Balaban J connectivity index is 1.93. The monoisotopic (exact) mass is 443 g/mol. The average molecular weight is 444 g/mol. The first-order valence-corrected chi connectivity index (χ1v) is 11.2. The molecule has 1 aromatic heterocycles. The summed E-state index contributed by atoms with van der Waals surface area (Å²) in [5.74, 6) is -1.94. The first kappa shape index (κ1) is 21.3. The van der Waals surface area contributed by atoms with Crippen LogP contribution >= 0.6 is 34.9 Å². The third-order valence-electron chi connectivity index (χ3n) is 4.09. The van der Waals surface area contributed by atoms with Crippen molar-refractivity contribution in [3.05, 3.63) is 93.2 Å². The molecule has 0 amide bonds. The quantitative estimate of drug-likeness (QED) is 0.202. The summed E-state index contributed by atoms with van der Waals surface area (Å²) >= 11 is 3.23. The van der Waals surface area contributed by atoms with Gasteiger partial charge >= 0.3 is 0 Å². The van der Waals surface area contributed by atoms with Crippen LogP contribution in [-0.2, 0) is 9.59 Å². The normalized spacial score (nSPS) is 11.9. The van der Waals surface area contributed by atoms with Crippen LogP contribution in [0.15, 0.2) is 88.0 Å². The lowest BCUT2D eigenvalue weighted by atomic mass is 9.93. The van der Waals surface area contributed by atoms with Crippen molar-refractivity contribution in [1.82, 2.24) is 0 Å². The van der Waals surface area contributed by atoms with Crippen molar-refractivity contribution < 1.29 is 14.5 Å². The number of nitro groups is 1. The van der Waals surface area contributed by atoms with Gasteiger partial charge in [0.1, 0.15) is 5.92 Å². The van der Waals surface area contributed by atoms with Gasteiger partial charge in [-0.15, -0.1) is 11.3 Å². The second-order valence-electron chi connectivity index (χ2n) is 6.08. The zero-order valence-corrected chi connectivity index (χ0v) is 17.6. The van der Waals surface area contributed by atoms with Crippen molar-refractivity contribution in [1.29, 1.82) is 0 Å². The molecule has 0 saturated carbocycles. The summed E-state index contributed by atoms with van der Waals surface area (Å²) in [4.78, 5) is 39.3. The molecule has 0 bridgehead atoms. The van der Waals surface area contributed by atoms with Gasteiger partial charge in [-0.05, 0) is 35.7 Å². The predicted molar refractivity (Wildman–Crippen MR) is 117 cm³/mol. The first-order valence-electron chi connectivity index (χ1n) is 8.73. The number of thiophene rings is 1. The van der Waals surface area contributed by atoms with E-state index in [4.69, 9.17) is 0 Å². The topological polar surface area (TPSA) is 77.3 Å². The van der Waals surface area contributed by atoms with E-state index in [1.807, 2.05) is 12.1 Å². The van der Waals surface area contributed by atoms with Gasteiger partial charge in [0.15, 0.2) is 0 Å². The molecule has 0 fully saturated rings. The van der Waals surface area contributed by atoms with Gasteiger partial charge in [-0.2, -0.15) is 0 Å². The van der Waals surface area contributed by atoms with Crippen LogP contribution in [0.2, 0.25) is 0 Å². The van der Waals surface area contributed by atoms with Crippen molar-refractivity contribution in [3.8, 4) is 0 Å². The molecule has 0 aliphatic rings. The highest BCUT2D eigenvalue weighted by Gasteiger charge is 2.40. The Bertz CT molecular complexity index is 909. The molecule has 0 aliphatic carbocycles. The number of carbonyl (C=O) groups is 2. The molecule has 0 radical (unpaired) electrons. The van der Waals surface area contributed by atoms with Crippen LogP contribution in [0.1, 0.15) is 10.8 Å². The van der Waals surface area contributed by atoms with Crippen molar-refractivity contribution >= 4 is 45.1 Å². The van der Waals surface area contributed by atoms with E-state index in [1.54, 1.807) is 66.0 Å². The van der Waals surface area contributed by atoms with Crippen LogP contribution in [0.25, 0.3) is 0 Å². The molecule has 0 spiro atoms. The molecule has 3 aromatic rings. The minimum atomic E-state index is -1.13. The SMILES string of the molecule is O=C(Sc1ccccc1)C(C(=O)Sc1ccccc1)[C@H](C[N+](=O)[O-])c1cccs1. The van der Waals surface area contributed by atoms with Gasteiger partial charge in [-0.3, -0.25) is 19.7 Å². The Morgan fingerprint density at radius 3 is 1.79 bits per heavy atom. The van der Waals surface area contributed by atoms with E-state index in [0.29, 0.717) is 14.7 Å². The highest BCUT2D eigenvalue weighted by atomic mass is 32.2. The van der Waals surface area contributed by atoms with Crippen molar-refractivity contribution in [2.75, 3.05) is 6.54 Å². The Labute approximate surface area is 180 Å². The summed E-state index contributed by atoms with van der Waals surface area (Å²) in [7, 11) is 0. The zero-order chi connectivity index (χ0) is 20.6. The average Bonchev–Trinajstić information content (AvgIpc) is 3.23. The minimum Gasteiger partial charge on any atom is -0.286 e. The van der Waals surface area contributed by atoms with Crippen LogP contribution < -0.4 is 0 Å². The smallest absolute Gasteiger partial charge is 0.212 e. The molecule has 3 rings (SSSR count). The maximum atomic E-state index is 13.2. The fraction of sp³-hybridized carbons (Fsp3) is 0.143. The lowest BCUT2D eigenvalue weighted by molar-refractivity contribution is -0.483. The number of hydrogen-bond acceptors (Lipinski definition) is 7. The van der Waals surface area contributed by atoms with E-state index < -0.39 is 23.3 Å². The summed E-state index contributed by atoms with van der Waals surface area (Å²) in [6.07, 6.45) is 0. The predicted octanol–water partition coefficient (Wildman–Crippen LogP) is 5.36. The molecule has 8 heteroatoms. The lowest BCUT2D eigenvalue weighted by Crippen LogP contribution is -2.31. The summed E-state index contributed by atoms with van der Waals surface area (Å²) in [5.41, 5.74) is 0. The van der Waals surface area contributed by atoms with E-state index in [1.165, 1.54) is 11.3 Å². The number of thioether (sulfide) groups is 2. The molecule has 0 N–H and O–H groups in total. The molecule has 1 heterocycles. The van der Waals surface area contributed by atoms with E-state index >= 15 is 0 Å². The molecule has 29 heavy (non-hydrogen) atoms. The second kappa shape index (κ2) is 10.4. The Kier molecular flexibility index (Phi) is 7.62. The Morgan fingerprint density at radius 1 is 0.862 bits per heavy atom. The number of benzene rings is 2. The van der Waals surface area contributed by atoms with Crippen molar-refractivity contribution in [3.63, 3.8) is 0 Å². The van der Waals surface area contributed by atoms with Crippen LogP contribution in [0.4, 0.5) is 0 Å². The van der Waals surface area contributed by atoms with Gasteiger partial charge in [0.25, 0.3) is 0 Å². The van der Waals surface area contributed by atoms with Crippen LogP contribution in [0, 0.1) is 16.0 Å². The fourth-order valence-corrected chi connectivity index (χ4v) is 5.56. The van der Waals surface area contributed by atoms with Crippen molar-refractivity contribution in [2.24, 2.45) is 5.92 Å². The van der Waals surface area contributed by atoms with Gasteiger partial charge in [-0.1, -0.05) is 66.0 Å². The maximum Gasteiger partial charge on any atom is 0.212 e.